The Morgan fingerprint density at radius 1 is 0.687 bits per heavy atom. The van der Waals surface area contributed by atoms with Gasteiger partial charge >= 0.3 is 30.0 Å². The number of H-pyrrole nitrogens is 3. The van der Waals surface area contributed by atoms with Crippen molar-refractivity contribution in [2.24, 2.45) is 5.73 Å². The molecule has 32 heteroatoms. The third kappa shape index (κ3) is 24.6. The molecular formula is C51H67Cl4N15O13. The number of nitrogens with zero attached hydrogens (tertiary/aromatic N) is 6. The van der Waals surface area contributed by atoms with Gasteiger partial charge in [0.25, 0.3) is 17.7 Å². The maximum absolute atomic E-state index is 12.5. The molecule has 28 nitrogen and oxygen atoms in total. The fourth-order valence-corrected chi connectivity index (χ4v) is 8.53. The lowest BCUT2D eigenvalue weighted by molar-refractivity contribution is -0.384. The smallest absolute Gasteiger partial charge is 0.410 e. The Kier molecular flexibility index (Phi) is 28.4. The van der Waals surface area contributed by atoms with Crippen LogP contribution < -0.4 is 32.7 Å². The number of carbonyl (C=O) groups excluding carboxylic acids is 7. The van der Waals surface area contributed by atoms with Gasteiger partial charge in [0.05, 0.1) is 66.1 Å². The molecule has 452 valence electrons. The Morgan fingerprint density at radius 2 is 1.12 bits per heavy atom. The van der Waals surface area contributed by atoms with Crippen LogP contribution in [0.15, 0.2) is 61.2 Å². The summed E-state index contributed by atoms with van der Waals surface area (Å²) in [4.78, 5) is 99.9. The maximum atomic E-state index is 12.5. The molecule has 5 amide bonds. The van der Waals surface area contributed by atoms with Crippen molar-refractivity contribution < 1.29 is 57.9 Å². The van der Waals surface area contributed by atoms with Crippen LogP contribution in [0.4, 0.5) is 26.7 Å². The van der Waals surface area contributed by atoms with E-state index in [1.54, 1.807) is 34.1 Å². The number of carbonyl (C=O) groups is 6. The van der Waals surface area contributed by atoms with Crippen molar-refractivity contribution in [2.45, 2.75) is 109 Å². The van der Waals surface area contributed by atoms with E-state index in [1.807, 2.05) is 41.5 Å². The van der Waals surface area contributed by atoms with E-state index in [4.69, 9.17) is 82.0 Å². The van der Waals surface area contributed by atoms with Crippen LogP contribution in [0.25, 0.3) is 0 Å². The van der Waals surface area contributed by atoms with Crippen molar-refractivity contribution in [2.75, 3.05) is 50.3 Å². The molecule has 0 unspecified atom stereocenters. The Hall–Kier alpha value is -7.85. The highest BCUT2D eigenvalue weighted by Crippen LogP contribution is 2.27. The lowest BCUT2D eigenvalue weighted by Crippen LogP contribution is -2.47. The first kappa shape index (κ1) is 69.4. The Balaban J connectivity index is 0.000000283. The number of aromatic carboxylic acids is 1. The lowest BCUT2D eigenvalue weighted by Gasteiger charge is -2.33. The van der Waals surface area contributed by atoms with Crippen LogP contribution in [-0.4, -0.2) is 161 Å². The van der Waals surface area contributed by atoms with Gasteiger partial charge in [-0.05, 0) is 117 Å². The summed E-state index contributed by atoms with van der Waals surface area (Å²) in [5, 5.41) is 49.3. The van der Waals surface area contributed by atoms with Crippen LogP contribution in [-0.2, 0) is 19.1 Å². The average molecular weight is 1240 g/mol. The number of carboxylic acid groups (broad SMARTS) is 1. The summed E-state index contributed by atoms with van der Waals surface area (Å²) in [5.41, 5.74) is 11.6. The van der Waals surface area contributed by atoms with Crippen molar-refractivity contribution >= 4 is 105 Å². The van der Waals surface area contributed by atoms with Crippen LogP contribution in [0.3, 0.4) is 0 Å². The molecule has 3 aromatic heterocycles. The first-order chi connectivity index (χ1) is 39.0. The number of nitrogens with one attached hydrogen (secondary N) is 7. The van der Waals surface area contributed by atoms with Crippen molar-refractivity contribution in [3.63, 3.8) is 0 Å². The van der Waals surface area contributed by atoms with Crippen LogP contribution in [0.1, 0.15) is 122 Å². The van der Waals surface area contributed by atoms with Crippen molar-refractivity contribution in [1.29, 1.82) is 0 Å². The molecule has 8 rings (SSSR count). The summed E-state index contributed by atoms with van der Waals surface area (Å²) in [5.74, 6) is -2.20. The number of nitrogens with two attached hydrogens (primary N) is 2. The van der Waals surface area contributed by atoms with Crippen LogP contribution >= 0.6 is 46.4 Å². The second kappa shape index (κ2) is 33.9. The average Bonchev–Trinajstić information content (AvgIpc) is 4.28. The number of halogens is 4. The van der Waals surface area contributed by atoms with Gasteiger partial charge in [0.15, 0.2) is 0 Å². The number of ether oxygens (including phenoxy) is 2. The molecule has 3 saturated heterocycles. The molecule has 5 aromatic rings. The van der Waals surface area contributed by atoms with Gasteiger partial charge in [-0.25, -0.2) is 14.4 Å². The first-order valence-electron chi connectivity index (χ1n) is 25.5. The standard InChI is InChI=1S/C16H17Cl2N5O2.C14H23N5O3.C10H20N2O2.C7H4Cl2O2.C3H3N3O2.CO2/c17-10-2-1-3-11(18)13(10)15(24)22-12-8-20-23-14(12)16(25)21-9-4-6-19-7-5-9;1-14(2,3)22-13(21)19-6-4-9(5-7-19)17-12(20)11-10(15)8-16-18-11;1-10(2,3)14-9(13)12-6-4-8(11)5-7-12;8-4-2-1-3-5(9)6(4)7(10)11;7-6(8)3-1-4-5-2-3;2-1-3/h1-3,8-9,19H,4-7H2,(H,20,23)(H,21,25)(H,22,24);8-9H,4-7,15H2,1-3H3,(H,16,18)(H,17,20);8H,4-7,11H2,1-3H3;1-3H,(H,10,11);1-2H,(H,4,5);. The van der Waals surface area contributed by atoms with Gasteiger partial charge in [0.1, 0.15) is 28.8 Å². The monoisotopic (exact) mass is 1240 g/mol. The lowest BCUT2D eigenvalue weighted by atomic mass is 10.1. The number of piperidine rings is 3. The molecule has 0 saturated carbocycles. The number of nitrogen functional groups attached to an aromatic ring is 1. The van der Waals surface area contributed by atoms with Gasteiger partial charge < -0.3 is 57.1 Å². The molecule has 6 heterocycles. The number of hydrogen-bond donors (Lipinski definition) is 10. The predicted molar refractivity (Wildman–Crippen MR) is 306 cm³/mol. The number of aromatic amines is 3. The number of hydrogen-bond acceptors (Lipinski definition) is 18. The molecule has 83 heavy (non-hydrogen) atoms. The highest BCUT2D eigenvalue weighted by Gasteiger charge is 2.29. The summed E-state index contributed by atoms with van der Waals surface area (Å²) in [6.45, 7) is 15.4. The van der Waals surface area contributed by atoms with E-state index in [9.17, 15) is 38.9 Å². The number of nitro groups is 1. The SMILES string of the molecule is CC(C)(C)OC(=O)N1CCC(N)CC1.CC(C)(C)OC(=O)N1CCC(NC(=O)c2[nH]ncc2N)CC1.O=C(NC1CCNCC1)c1[nH]ncc1NC(=O)c1c(Cl)cccc1Cl.O=C(O)c1c(Cl)cccc1Cl.O=C=O.O=[N+]([O-])c1cn[nH]c1. The third-order valence-electron chi connectivity index (χ3n) is 11.4. The highest BCUT2D eigenvalue weighted by molar-refractivity contribution is 6.40. The zero-order valence-corrected chi connectivity index (χ0v) is 49.2. The molecule has 0 spiro atoms. The van der Waals surface area contributed by atoms with Crippen LogP contribution in [0.2, 0.25) is 20.1 Å². The van der Waals surface area contributed by atoms with E-state index in [0.29, 0.717) is 31.6 Å². The molecule has 0 aliphatic carbocycles. The summed E-state index contributed by atoms with van der Waals surface area (Å²) < 4.78 is 10.6. The second-order valence-corrected chi connectivity index (χ2v) is 21.8. The minimum Gasteiger partial charge on any atom is -0.478 e. The van der Waals surface area contributed by atoms with E-state index < -0.39 is 28.0 Å². The van der Waals surface area contributed by atoms with Crippen LogP contribution in [0.5, 0.6) is 0 Å². The predicted octanol–water partition coefficient (Wildman–Crippen LogP) is 7.34. The highest BCUT2D eigenvalue weighted by atomic mass is 35.5. The number of benzene rings is 2. The number of likely N-dealkylation sites (tertiary alicyclic amines) is 2. The summed E-state index contributed by atoms with van der Waals surface area (Å²) in [7, 11) is 0. The molecule has 3 aliphatic rings. The van der Waals surface area contributed by atoms with Crippen molar-refractivity contribution in [1.82, 2.24) is 56.3 Å². The van der Waals surface area contributed by atoms with E-state index in [0.717, 1.165) is 58.1 Å². The van der Waals surface area contributed by atoms with Crippen molar-refractivity contribution in [3.05, 3.63) is 114 Å². The quantitative estimate of drug-likeness (QED) is 0.0536. The molecule has 2 aromatic carbocycles. The maximum Gasteiger partial charge on any atom is 0.410 e. The first-order valence-corrected chi connectivity index (χ1v) is 27.0. The number of amides is 5. The summed E-state index contributed by atoms with van der Waals surface area (Å²) >= 11 is 23.2. The van der Waals surface area contributed by atoms with E-state index in [1.165, 1.54) is 30.7 Å². The number of carboxylic acids is 1. The molecular weight excluding hydrogens is 1170 g/mol. The fraction of sp³-hybridized carbons (Fsp3) is 0.451. The molecule has 0 atom stereocenters. The molecule has 0 radical (unpaired) electrons. The molecule has 3 aliphatic heterocycles. The largest absolute Gasteiger partial charge is 0.478 e. The summed E-state index contributed by atoms with van der Waals surface area (Å²) in [6.07, 6.45) is 9.70. The van der Waals surface area contributed by atoms with Gasteiger partial charge in [0, 0.05) is 44.3 Å². The second-order valence-electron chi connectivity index (χ2n) is 20.1. The zero-order chi connectivity index (χ0) is 62.0. The van der Waals surface area contributed by atoms with Gasteiger partial charge in [0.2, 0.25) is 0 Å². The van der Waals surface area contributed by atoms with E-state index in [2.05, 4.69) is 51.9 Å². The number of anilines is 2. The van der Waals surface area contributed by atoms with Gasteiger partial charge in [-0.2, -0.15) is 24.9 Å². The minimum absolute atomic E-state index is 0.00823. The molecule has 3 fully saturated rings. The Bertz CT molecular complexity index is 2920. The van der Waals surface area contributed by atoms with Gasteiger partial charge in [-0.1, -0.05) is 58.5 Å². The normalized spacial score (nSPS) is 14.4. The Labute approximate surface area is 496 Å². The topological polar surface area (TPSA) is 411 Å². The van der Waals surface area contributed by atoms with Crippen molar-refractivity contribution in [3.8, 4) is 0 Å². The fourth-order valence-electron chi connectivity index (χ4n) is 7.40. The van der Waals surface area contributed by atoms with Crippen LogP contribution in [0, 0.1) is 10.1 Å². The van der Waals surface area contributed by atoms with E-state index in [-0.39, 0.29) is 102 Å². The molecule has 0 bridgehead atoms. The molecule has 12 N–H and O–H groups in total. The van der Waals surface area contributed by atoms with Gasteiger partial charge in [-0.15, -0.1) is 0 Å². The third-order valence-corrected chi connectivity index (χ3v) is 12.7. The van der Waals surface area contributed by atoms with Gasteiger partial charge in [-0.3, -0.25) is 39.8 Å². The zero-order valence-electron chi connectivity index (χ0n) is 46.2. The number of rotatable bonds is 8. The minimum atomic E-state index is -1.11. The number of aromatic nitrogens is 6. The van der Waals surface area contributed by atoms with E-state index >= 15 is 0 Å². The summed E-state index contributed by atoms with van der Waals surface area (Å²) in [6, 6.07) is 9.70. The Morgan fingerprint density at radius 3 is 1.52 bits per heavy atom.